The normalized spacial score (nSPS) is 13.5. The lowest BCUT2D eigenvalue weighted by atomic mass is 10.1. The maximum absolute atomic E-state index is 13.8. The van der Waals surface area contributed by atoms with Crippen molar-refractivity contribution in [2.75, 3.05) is 12.8 Å². The number of rotatable bonds is 17. The third-order valence-corrected chi connectivity index (χ3v) is 8.10. The van der Waals surface area contributed by atoms with E-state index in [0.717, 1.165) is 23.1 Å². The number of ether oxygens (including phenoxy) is 3. The van der Waals surface area contributed by atoms with Crippen LogP contribution in [0.4, 0.5) is 4.79 Å². The van der Waals surface area contributed by atoms with Crippen LogP contribution in [0.5, 0.6) is 0 Å². The Morgan fingerprint density at radius 1 is 0.737 bits per heavy atom. The van der Waals surface area contributed by atoms with E-state index in [9.17, 15) is 37.2 Å². The SMILES string of the molecule is CC(C)(C)OC(=O)CC(/C=C/S(C)(=O)=O)NC(=O)CNC(=O)C(Cc1ccc2ccccc2n1)NC(=O)[C@H](CC(=O)OC(C)(C)C)NC(=O)OCc1ccccc1. The molecule has 3 rings (SSSR count). The van der Waals surface area contributed by atoms with Gasteiger partial charge in [0.25, 0.3) is 0 Å². The fraction of sp³-hybridized carbons (Fsp3) is 0.425. The lowest BCUT2D eigenvalue weighted by Crippen LogP contribution is -2.56. The van der Waals surface area contributed by atoms with Gasteiger partial charge in [0.1, 0.15) is 29.9 Å². The van der Waals surface area contributed by atoms with E-state index in [-0.39, 0.29) is 13.0 Å². The van der Waals surface area contributed by atoms with E-state index in [0.29, 0.717) is 16.8 Å². The standard InChI is InChI=1S/C40H51N5O11S/c1-39(2,3)55-34(47)22-29(19-20-57(7,52)53)43-33(46)24-41-36(49)31(21-28-18-17-27-15-11-12-16-30(27)42-28)44-37(50)32(23-35(48)56-40(4,5)6)45-38(51)54-25-26-13-9-8-10-14-26/h8-20,29,31-32H,21-25H2,1-7H3,(H,41,49)(H,43,46)(H,44,50)(H,45,51)/b20-19+/t29?,31?,32-/m0/s1. The number of carbonyl (C=O) groups excluding carboxylic acids is 6. The number of amides is 4. The molecule has 0 aliphatic heterocycles. The van der Waals surface area contributed by atoms with Crippen LogP contribution in [0.3, 0.4) is 0 Å². The Balaban J connectivity index is 1.83. The van der Waals surface area contributed by atoms with Crippen molar-refractivity contribution < 1.29 is 51.4 Å². The van der Waals surface area contributed by atoms with Gasteiger partial charge in [0.2, 0.25) is 17.7 Å². The van der Waals surface area contributed by atoms with Crippen LogP contribution in [-0.2, 0) is 61.0 Å². The fourth-order valence-electron chi connectivity index (χ4n) is 5.09. The summed E-state index contributed by atoms with van der Waals surface area (Å²) in [6.45, 7) is 9.07. The molecular formula is C40H51N5O11S. The monoisotopic (exact) mass is 809 g/mol. The highest BCUT2D eigenvalue weighted by Crippen LogP contribution is 2.15. The molecule has 4 N–H and O–H groups in total. The highest BCUT2D eigenvalue weighted by molar-refractivity contribution is 7.93. The highest BCUT2D eigenvalue weighted by Gasteiger charge is 2.31. The highest BCUT2D eigenvalue weighted by atomic mass is 32.2. The molecule has 0 aliphatic carbocycles. The van der Waals surface area contributed by atoms with Crippen molar-refractivity contribution in [1.29, 1.82) is 0 Å². The van der Waals surface area contributed by atoms with Crippen LogP contribution in [0, 0.1) is 0 Å². The molecule has 0 fully saturated rings. The molecule has 2 aromatic carbocycles. The van der Waals surface area contributed by atoms with Crippen molar-refractivity contribution in [3.05, 3.63) is 89.5 Å². The number of benzene rings is 2. The van der Waals surface area contributed by atoms with Gasteiger partial charge in [-0.25, -0.2) is 13.2 Å². The number of sulfone groups is 1. The lowest BCUT2D eigenvalue weighted by molar-refractivity contribution is -0.157. The molecule has 2 unspecified atom stereocenters. The Labute approximate surface area is 332 Å². The van der Waals surface area contributed by atoms with Gasteiger partial charge in [-0.1, -0.05) is 60.7 Å². The Bertz CT molecular complexity index is 2040. The van der Waals surface area contributed by atoms with E-state index in [4.69, 9.17) is 14.2 Å². The molecule has 1 heterocycles. The molecule has 3 atom stereocenters. The van der Waals surface area contributed by atoms with Crippen LogP contribution in [0.1, 0.15) is 65.6 Å². The minimum absolute atomic E-state index is 0.128. The maximum atomic E-state index is 13.8. The third-order valence-electron chi connectivity index (χ3n) is 7.45. The second kappa shape index (κ2) is 20.4. The smallest absolute Gasteiger partial charge is 0.408 e. The average molecular weight is 810 g/mol. The lowest BCUT2D eigenvalue weighted by Gasteiger charge is -2.25. The summed E-state index contributed by atoms with van der Waals surface area (Å²) in [4.78, 5) is 83.5. The molecule has 16 nitrogen and oxygen atoms in total. The van der Waals surface area contributed by atoms with Crippen LogP contribution < -0.4 is 21.3 Å². The van der Waals surface area contributed by atoms with Gasteiger partial charge in [0.05, 0.1) is 30.9 Å². The van der Waals surface area contributed by atoms with Crippen molar-refractivity contribution in [3.8, 4) is 0 Å². The predicted octanol–water partition coefficient (Wildman–Crippen LogP) is 3.18. The molecule has 0 aliphatic rings. The number of hydrogen-bond acceptors (Lipinski definition) is 12. The van der Waals surface area contributed by atoms with E-state index >= 15 is 0 Å². The summed E-state index contributed by atoms with van der Waals surface area (Å²) in [5, 5.41) is 11.6. The first-order valence-electron chi connectivity index (χ1n) is 18.1. The van der Waals surface area contributed by atoms with Gasteiger partial charge in [-0.05, 0) is 59.2 Å². The summed E-state index contributed by atoms with van der Waals surface area (Å²) in [5.74, 6) is -4.10. The van der Waals surface area contributed by atoms with Crippen LogP contribution in [0.15, 0.2) is 78.2 Å². The van der Waals surface area contributed by atoms with Crippen molar-refractivity contribution in [2.24, 2.45) is 0 Å². The molecule has 0 saturated heterocycles. The first-order chi connectivity index (χ1) is 26.5. The number of nitrogens with one attached hydrogen (secondary N) is 4. The molecular weight excluding hydrogens is 759 g/mol. The van der Waals surface area contributed by atoms with Crippen LogP contribution in [-0.4, -0.2) is 91.3 Å². The maximum Gasteiger partial charge on any atom is 0.408 e. The van der Waals surface area contributed by atoms with Gasteiger partial charge in [0.15, 0.2) is 9.84 Å². The number of hydrogen-bond donors (Lipinski definition) is 4. The van der Waals surface area contributed by atoms with Crippen LogP contribution >= 0.6 is 0 Å². The molecule has 0 radical (unpaired) electrons. The van der Waals surface area contributed by atoms with E-state index in [2.05, 4.69) is 26.3 Å². The zero-order valence-corrected chi connectivity index (χ0v) is 33.9. The molecule has 4 amide bonds. The number of fused-ring (bicyclic) bond motifs is 1. The zero-order chi connectivity index (χ0) is 42.4. The second-order valence-corrected chi connectivity index (χ2v) is 17.1. The number of alkyl carbamates (subject to hydrolysis) is 1. The summed E-state index contributed by atoms with van der Waals surface area (Å²) in [6.07, 6.45) is -0.155. The molecule has 0 saturated carbocycles. The summed E-state index contributed by atoms with van der Waals surface area (Å²) in [6, 6.07) is 15.4. The first-order valence-corrected chi connectivity index (χ1v) is 20.0. The summed E-state index contributed by atoms with van der Waals surface area (Å²) in [7, 11) is -3.63. The quantitative estimate of drug-likeness (QED) is 0.114. The molecule has 57 heavy (non-hydrogen) atoms. The minimum atomic E-state index is -3.63. The largest absolute Gasteiger partial charge is 0.460 e. The summed E-state index contributed by atoms with van der Waals surface area (Å²) < 4.78 is 39.5. The van der Waals surface area contributed by atoms with E-state index in [1.165, 1.54) is 0 Å². The average Bonchev–Trinajstić information content (AvgIpc) is 3.10. The molecule has 308 valence electrons. The first kappa shape index (κ1) is 45.5. The second-order valence-electron chi connectivity index (χ2n) is 15.2. The van der Waals surface area contributed by atoms with Gasteiger partial charge in [-0.2, -0.15) is 0 Å². The molecule has 0 bridgehead atoms. The number of esters is 2. The van der Waals surface area contributed by atoms with Gasteiger partial charge < -0.3 is 35.5 Å². The number of pyridine rings is 1. The van der Waals surface area contributed by atoms with Crippen molar-refractivity contribution in [1.82, 2.24) is 26.3 Å². The van der Waals surface area contributed by atoms with Crippen molar-refractivity contribution in [3.63, 3.8) is 0 Å². The number of para-hydroxylation sites is 1. The Morgan fingerprint density at radius 3 is 1.98 bits per heavy atom. The van der Waals surface area contributed by atoms with Crippen LogP contribution in [0.25, 0.3) is 10.9 Å². The predicted molar refractivity (Wildman–Crippen MR) is 211 cm³/mol. The molecule has 1 aromatic heterocycles. The molecule has 17 heteroatoms. The number of aromatic nitrogens is 1. The number of carbonyl (C=O) groups is 6. The van der Waals surface area contributed by atoms with E-state index in [1.807, 2.05) is 12.1 Å². The minimum Gasteiger partial charge on any atom is -0.460 e. The van der Waals surface area contributed by atoms with E-state index < -0.39 is 94.3 Å². The Morgan fingerprint density at radius 2 is 1.35 bits per heavy atom. The van der Waals surface area contributed by atoms with Gasteiger partial charge >= 0.3 is 18.0 Å². The Kier molecular flexibility index (Phi) is 16.3. The van der Waals surface area contributed by atoms with Crippen molar-refractivity contribution in [2.45, 2.75) is 96.7 Å². The fourth-order valence-corrected chi connectivity index (χ4v) is 5.57. The van der Waals surface area contributed by atoms with Gasteiger partial charge in [0, 0.05) is 29.2 Å². The molecule has 0 spiro atoms. The number of nitrogens with zero attached hydrogens (tertiary/aromatic N) is 1. The Hall–Kier alpha value is -5.84. The van der Waals surface area contributed by atoms with Gasteiger partial charge in [-0.15, -0.1) is 0 Å². The van der Waals surface area contributed by atoms with Crippen LogP contribution in [0.2, 0.25) is 0 Å². The molecule has 3 aromatic rings. The van der Waals surface area contributed by atoms with E-state index in [1.54, 1.807) is 96.1 Å². The third kappa shape index (κ3) is 18.1. The topological polar surface area (TPSA) is 225 Å². The van der Waals surface area contributed by atoms with Crippen molar-refractivity contribution >= 4 is 56.5 Å². The summed E-state index contributed by atoms with van der Waals surface area (Å²) >= 11 is 0. The van der Waals surface area contributed by atoms with Gasteiger partial charge in [-0.3, -0.25) is 29.0 Å². The summed E-state index contributed by atoms with van der Waals surface area (Å²) in [5.41, 5.74) is -0.0800. The zero-order valence-electron chi connectivity index (χ0n) is 33.1.